The first-order chi connectivity index (χ1) is 8.56. The van der Waals surface area contributed by atoms with E-state index in [1.165, 1.54) is 0 Å². The molecule has 2 amide bonds. The SMILES string of the molecule is CCC(=O)C(C)N1C(=O)N(C)Cc2ccccc21. The van der Waals surface area contributed by atoms with E-state index in [9.17, 15) is 9.59 Å². The molecule has 2 rings (SSSR count). The van der Waals surface area contributed by atoms with Crippen molar-refractivity contribution in [2.75, 3.05) is 11.9 Å². The predicted molar refractivity (Wildman–Crippen MR) is 70.5 cm³/mol. The molecule has 1 atom stereocenters. The molecule has 0 aromatic heterocycles. The maximum atomic E-state index is 12.2. The fourth-order valence-corrected chi connectivity index (χ4v) is 2.30. The van der Waals surface area contributed by atoms with Gasteiger partial charge in [0.15, 0.2) is 5.78 Å². The first-order valence-corrected chi connectivity index (χ1v) is 6.21. The Bertz CT molecular complexity index is 484. The Morgan fingerprint density at radius 3 is 2.72 bits per heavy atom. The highest BCUT2D eigenvalue weighted by atomic mass is 16.2. The third kappa shape index (κ3) is 1.98. The Balaban J connectivity index is 2.44. The monoisotopic (exact) mass is 246 g/mol. The van der Waals surface area contributed by atoms with Gasteiger partial charge in [0.05, 0.1) is 11.7 Å². The summed E-state index contributed by atoms with van der Waals surface area (Å²) in [6.45, 7) is 4.21. The predicted octanol–water partition coefficient (Wildman–Crippen LogP) is 2.43. The molecule has 1 unspecified atom stereocenters. The molecular weight excluding hydrogens is 228 g/mol. The van der Waals surface area contributed by atoms with Crippen LogP contribution in [0.25, 0.3) is 0 Å². The fraction of sp³-hybridized carbons (Fsp3) is 0.429. The number of hydrogen-bond donors (Lipinski definition) is 0. The molecule has 0 fully saturated rings. The van der Waals surface area contributed by atoms with Gasteiger partial charge in [0.25, 0.3) is 0 Å². The normalized spacial score (nSPS) is 16.5. The molecule has 0 N–H and O–H groups in total. The maximum absolute atomic E-state index is 12.2. The first-order valence-electron chi connectivity index (χ1n) is 6.21. The number of fused-ring (bicyclic) bond motifs is 1. The number of rotatable bonds is 3. The van der Waals surface area contributed by atoms with Gasteiger partial charge in [-0.25, -0.2) is 4.79 Å². The van der Waals surface area contributed by atoms with Crippen molar-refractivity contribution in [2.24, 2.45) is 0 Å². The van der Waals surface area contributed by atoms with E-state index in [0.717, 1.165) is 11.3 Å². The smallest absolute Gasteiger partial charge is 0.323 e. The number of anilines is 1. The second-order valence-corrected chi connectivity index (χ2v) is 4.63. The number of urea groups is 1. The van der Waals surface area contributed by atoms with Crippen LogP contribution >= 0.6 is 0 Å². The van der Waals surface area contributed by atoms with Crippen molar-refractivity contribution in [3.05, 3.63) is 29.8 Å². The van der Waals surface area contributed by atoms with Gasteiger partial charge >= 0.3 is 6.03 Å². The summed E-state index contributed by atoms with van der Waals surface area (Å²) in [4.78, 5) is 27.4. The van der Waals surface area contributed by atoms with Gasteiger partial charge in [0.2, 0.25) is 0 Å². The minimum absolute atomic E-state index is 0.0773. The van der Waals surface area contributed by atoms with Crippen LogP contribution in [0.1, 0.15) is 25.8 Å². The van der Waals surface area contributed by atoms with E-state index in [-0.39, 0.29) is 11.8 Å². The quantitative estimate of drug-likeness (QED) is 0.821. The van der Waals surface area contributed by atoms with Crippen LogP contribution in [0.15, 0.2) is 24.3 Å². The zero-order valence-electron chi connectivity index (χ0n) is 11.0. The van der Waals surface area contributed by atoms with Gasteiger partial charge in [-0.1, -0.05) is 25.1 Å². The number of hydrogen-bond acceptors (Lipinski definition) is 2. The summed E-state index contributed by atoms with van der Waals surface area (Å²) in [5.41, 5.74) is 1.94. The van der Waals surface area contributed by atoms with E-state index in [1.807, 2.05) is 31.2 Å². The summed E-state index contributed by atoms with van der Waals surface area (Å²) in [5.74, 6) is 0.0773. The molecule has 1 aliphatic heterocycles. The number of amides is 2. The van der Waals surface area contributed by atoms with Gasteiger partial charge in [0.1, 0.15) is 0 Å². The molecule has 18 heavy (non-hydrogen) atoms. The van der Waals surface area contributed by atoms with E-state index >= 15 is 0 Å². The Morgan fingerprint density at radius 1 is 1.39 bits per heavy atom. The van der Waals surface area contributed by atoms with Crippen molar-refractivity contribution >= 4 is 17.5 Å². The number of benzene rings is 1. The van der Waals surface area contributed by atoms with E-state index in [0.29, 0.717) is 13.0 Å². The first kappa shape index (κ1) is 12.6. The maximum Gasteiger partial charge on any atom is 0.325 e. The molecule has 0 radical (unpaired) electrons. The minimum atomic E-state index is -0.411. The van der Waals surface area contributed by atoms with E-state index in [1.54, 1.807) is 23.8 Å². The molecule has 1 aliphatic rings. The van der Waals surface area contributed by atoms with E-state index < -0.39 is 6.04 Å². The molecule has 0 aliphatic carbocycles. The highest BCUT2D eigenvalue weighted by Crippen LogP contribution is 2.29. The zero-order valence-corrected chi connectivity index (χ0v) is 11.0. The van der Waals surface area contributed by atoms with Crippen LogP contribution in [0.3, 0.4) is 0 Å². The Labute approximate surface area is 107 Å². The fourth-order valence-electron chi connectivity index (χ4n) is 2.30. The van der Waals surface area contributed by atoms with E-state index in [2.05, 4.69) is 0 Å². The Hall–Kier alpha value is -1.84. The van der Waals surface area contributed by atoms with Gasteiger partial charge in [-0.05, 0) is 18.6 Å². The number of para-hydroxylation sites is 1. The number of carbonyl (C=O) groups excluding carboxylic acids is 2. The third-order valence-corrected chi connectivity index (χ3v) is 3.39. The van der Waals surface area contributed by atoms with Crippen LogP contribution in [-0.4, -0.2) is 29.8 Å². The van der Waals surface area contributed by atoms with Crippen LogP contribution in [0.4, 0.5) is 10.5 Å². The summed E-state index contributed by atoms with van der Waals surface area (Å²) in [5, 5.41) is 0. The van der Waals surface area contributed by atoms with Crippen molar-refractivity contribution in [3.8, 4) is 0 Å². The Kier molecular flexibility index (Phi) is 3.36. The van der Waals surface area contributed by atoms with Crippen LogP contribution in [0, 0.1) is 0 Å². The molecule has 1 heterocycles. The molecule has 0 saturated carbocycles. The lowest BCUT2D eigenvalue weighted by molar-refractivity contribution is -0.119. The van der Waals surface area contributed by atoms with Crippen LogP contribution < -0.4 is 4.90 Å². The van der Waals surface area contributed by atoms with Gasteiger partial charge in [-0.3, -0.25) is 9.69 Å². The van der Waals surface area contributed by atoms with Crippen LogP contribution in [-0.2, 0) is 11.3 Å². The topological polar surface area (TPSA) is 40.6 Å². The van der Waals surface area contributed by atoms with Gasteiger partial charge in [-0.2, -0.15) is 0 Å². The van der Waals surface area contributed by atoms with E-state index in [4.69, 9.17) is 0 Å². The number of carbonyl (C=O) groups is 2. The molecule has 1 aromatic carbocycles. The minimum Gasteiger partial charge on any atom is -0.323 e. The molecule has 1 aromatic rings. The lowest BCUT2D eigenvalue weighted by atomic mass is 10.0. The zero-order chi connectivity index (χ0) is 13.3. The average Bonchev–Trinajstić information content (AvgIpc) is 2.38. The molecule has 4 nitrogen and oxygen atoms in total. The van der Waals surface area contributed by atoms with Crippen molar-refractivity contribution in [1.82, 2.24) is 4.90 Å². The number of ketones is 1. The lowest BCUT2D eigenvalue weighted by Gasteiger charge is -2.38. The largest absolute Gasteiger partial charge is 0.325 e. The lowest BCUT2D eigenvalue weighted by Crippen LogP contribution is -2.51. The summed E-state index contributed by atoms with van der Waals surface area (Å²) >= 11 is 0. The van der Waals surface area contributed by atoms with Crippen molar-refractivity contribution < 1.29 is 9.59 Å². The summed E-state index contributed by atoms with van der Waals surface area (Å²) in [6.07, 6.45) is 0.441. The van der Waals surface area contributed by atoms with Crippen molar-refractivity contribution in [1.29, 1.82) is 0 Å². The molecular formula is C14H18N2O2. The van der Waals surface area contributed by atoms with Gasteiger partial charge < -0.3 is 4.90 Å². The molecule has 0 spiro atoms. The summed E-state index contributed by atoms with van der Waals surface area (Å²) in [7, 11) is 1.76. The highest BCUT2D eigenvalue weighted by molar-refractivity contribution is 6.01. The molecule has 0 bridgehead atoms. The standard InChI is InChI=1S/C14H18N2O2/c1-4-13(17)10(2)16-12-8-6-5-7-11(12)9-15(3)14(16)18/h5-8,10H,4,9H2,1-3H3. The summed E-state index contributed by atoms with van der Waals surface area (Å²) in [6, 6.07) is 7.23. The molecule has 0 saturated heterocycles. The average molecular weight is 246 g/mol. The van der Waals surface area contributed by atoms with Gasteiger partial charge in [-0.15, -0.1) is 0 Å². The third-order valence-electron chi connectivity index (χ3n) is 3.39. The highest BCUT2D eigenvalue weighted by Gasteiger charge is 2.33. The number of Topliss-reactive ketones (excluding diaryl/α,β-unsaturated/α-hetero) is 1. The van der Waals surface area contributed by atoms with Crippen molar-refractivity contribution in [3.63, 3.8) is 0 Å². The molecule has 96 valence electrons. The van der Waals surface area contributed by atoms with Gasteiger partial charge in [0, 0.05) is 20.0 Å². The van der Waals surface area contributed by atoms with Crippen LogP contribution in [0.5, 0.6) is 0 Å². The number of nitrogens with zero attached hydrogens (tertiary/aromatic N) is 2. The second kappa shape index (κ2) is 4.80. The summed E-state index contributed by atoms with van der Waals surface area (Å²) < 4.78 is 0. The van der Waals surface area contributed by atoms with Crippen molar-refractivity contribution in [2.45, 2.75) is 32.9 Å². The van der Waals surface area contributed by atoms with Crippen LogP contribution in [0.2, 0.25) is 0 Å². The molecule has 4 heteroatoms. The second-order valence-electron chi connectivity index (χ2n) is 4.63. The Morgan fingerprint density at radius 2 is 2.06 bits per heavy atom.